The third-order valence-corrected chi connectivity index (χ3v) is 6.37. The summed E-state index contributed by atoms with van der Waals surface area (Å²) >= 11 is 3.13. The third kappa shape index (κ3) is 5.39. The van der Waals surface area contributed by atoms with Crippen LogP contribution in [0.1, 0.15) is 27.9 Å². The largest absolute Gasteiger partial charge is 0.351 e. The first-order valence-corrected chi connectivity index (χ1v) is 10.6. The highest BCUT2D eigenvalue weighted by Gasteiger charge is 2.12. The Morgan fingerprint density at radius 3 is 2.68 bits per heavy atom. The van der Waals surface area contributed by atoms with Crippen molar-refractivity contribution < 1.29 is 13.6 Å². The van der Waals surface area contributed by atoms with E-state index in [4.69, 9.17) is 0 Å². The van der Waals surface area contributed by atoms with Crippen LogP contribution in [0.4, 0.5) is 8.78 Å². The fourth-order valence-corrected chi connectivity index (χ4v) is 4.55. The lowest BCUT2D eigenvalue weighted by atomic mass is 10.1. The summed E-state index contributed by atoms with van der Waals surface area (Å²) in [5.41, 5.74) is 4.25. The Bertz CT molecular complexity index is 968. The summed E-state index contributed by atoms with van der Waals surface area (Å²) in [5, 5.41) is 4.39. The van der Waals surface area contributed by atoms with Gasteiger partial charge >= 0.3 is 0 Å². The minimum Gasteiger partial charge on any atom is -0.351 e. The molecule has 0 unspecified atom stereocenters. The molecule has 1 amide bonds. The molecule has 0 saturated carbocycles. The van der Waals surface area contributed by atoms with Crippen molar-refractivity contribution in [3.63, 3.8) is 0 Å². The molecule has 146 valence electrons. The van der Waals surface area contributed by atoms with Gasteiger partial charge in [-0.05, 0) is 37.1 Å². The number of thiazole rings is 1. The zero-order valence-corrected chi connectivity index (χ0v) is 17.2. The van der Waals surface area contributed by atoms with E-state index < -0.39 is 11.6 Å². The van der Waals surface area contributed by atoms with Crippen molar-refractivity contribution >= 4 is 29.0 Å². The van der Waals surface area contributed by atoms with Gasteiger partial charge in [0.25, 0.3) is 0 Å². The lowest BCUT2D eigenvalue weighted by molar-refractivity contribution is -0.120. The molecule has 1 aromatic heterocycles. The molecule has 0 bridgehead atoms. The standard InChI is InChI=1S/C21H20F2N2OS2/c1-13-6-7-14(2)15(8-13)11-27-21-25-16(12-28-21)9-20(26)24-10-17-18(22)4-3-5-19(17)23/h3-8,12H,9-11H2,1-2H3,(H,24,26). The van der Waals surface area contributed by atoms with Gasteiger partial charge in [0.1, 0.15) is 16.0 Å². The normalized spacial score (nSPS) is 10.9. The number of halogens is 2. The van der Waals surface area contributed by atoms with Crippen molar-refractivity contribution in [1.29, 1.82) is 0 Å². The Morgan fingerprint density at radius 2 is 1.93 bits per heavy atom. The third-order valence-electron chi connectivity index (χ3n) is 4.25. The van der Waals surface area contributed by atoms with Gasteiger partial charge in [0.05, 0.1) is 12.1 Å². The Kier molecular flexibility index (Phi) is 6.80. The van der Waals surface area contributed by atoms with Crippen LogP contribution in [0, 0.1) is 25.5 Å². The number of benzene rings is 2. The molecule has 3 rings (SSSR count). The summed E-state index contributed by atoms with van der Waals surface area (Å²) in [6.45, 7) is 3.97. The van der Waals surface area contributed by atoms with Crippen LogP contribution in [0.5, 0.6) is 0 Å². The molecule has 3 aromatic rings. The number of thioether (sulfide) groups is 1. The zero-order valence-electron chi connectivity index (χ0n) is 15.6. The maximum Gasteiger partial charge on any atom is 0.226 e. The molecular weight excluding hydrogens is 398 g/mol. The Balaban J connectivity index is 1.52. The molecule has 0 aliphatic rings. The maximum absolute atomic E-state index is 13.6. The highest BCUT2D eigenvalue weighted by molar-refractivity contribution is 8.00. The van der Waals surface area contributed by atoms with E-state index in [9.17, 15) is 13.6 Å². The number of rotatable bonds is 7. The van der Waals surface area contributed by atoms with Gasteiger partial charge in [0.2, 0.25) is 5.91 Å². The van der Waals surface area contributed by atoms with Gasteiger partial charge in [0, 0.05) is 23.2 Å². The van der Waals surface area contributed by atoms with Crippen molar-refractivity contribution in [2.45, 2.75) is 36.9 Å². The quantitative estimate of drug-likeness (QED) is 0.537. The summed E-state index contributed by atoms with van der Waals surface area (Å²) in [6, 6.07) is 10.0. The minimum atomic E-state index is -0.668. The molecule has 0 atom stereocenters. The monoisotopic (exact) mass is 418 g/mol. The molecule has 28 heavy (non-hydrogen) atoms. The number of carbonyl (C=O) groups excluding carboxylic acids is 1. The molecule has 2 aromatic carbocycles. The van der Waals surface area contributed by atoms with Gasteiger partial charge in [-0.2, -0.15) is 0 Å². The van der Waals surface area contributed by atoms with Crippen LogP contribution < -0.4 is 5.32 Å². The van der Waals surface area contributed by atoms with E-state index in [0.717, 1.165) is 10.1 Å². The van der Waals surface area contributed by atoms with Gasteiger partial charge in [-0.3, -0.25) is 4.79 Å². The van der Waals surface area contributed by atoms with Gasteiger partial charge < -0.3 is 5.32 Å². The van der Waals surface area contributed by atoms with E-state index in [-0.39, 0.29) is 24.4 Å². The molecule has 0 fully saturated rings. The first-order valence-electron chi connectivity index (χ1n) is 8.75. The second kappa shape index (κ2) is 9.30. The van der Waals surface area contributed by atoms with Crippen LogP contribution in [-0.4, -0.2) is 10.9 Å². The molecule has 0 aliphatic carbocycles. The first kappa shape index (κ1) is 20.5. The fraction of sp³-hybridized carbons (Fsp3) is 0.238. The Hall–Kier alpha value is -2.25. The smallest absolute Gasteiger partial charge is 0.226 e. The number of amides is 1. The Labute approximate surface area is 171 Å². The summed E-state index contributed by atoms with van der Waals surface area (Å²) < 4.78 is 28.1. The first-order chi connectivity index (χ1) is 13.4. The minimum absolute atomic E-state index is 0.0800. The number of nitrogens with one attached hydrogen (secondary N) is 1. The number of aryl methyl sites for hydroxylation is 2. The topological polar surface area (TPSA) is 42.0 Å². The van der Waals surface area contributed by atoms with Crippen LogP contribution in [0.2, 0.25) is 0 Å². The predicted octanol–water partition coefficient (Wildman–Crippen LogP) is 5.19. The van der Waals surface area contributed by atoms with E-state index in [1.54, 1.807) is 11.8 Å². The highest BCUT2D eigenvalue weighted by atomic mass is 32.2. The predicted molar refractivity (Wildman–Crippen MR) is 109 cm³/mol. The van der Waals surface area contributed by atoms with Gasteiger partial charge in [-0.15, -0.1) is 11.3 Å². The van der Waals surface area contributed by atoms with Crippen molar-refractivity contribution in [3.8, 4) is 0 Å². The van der Waals surface area contributed by atoms with Crippen LogP contribution in [0.25, 0.3) is 0 Å². The van der Waals surface area contributed by atoms with Crippen LogP contribution in [0.3, 0.4) is 0 Å². The molecule has 3 nitrogen and oxygen atoms in total. The van der Waals surface area contributed by atoms with Crippen LogP contribution in [-0.2, 0) is 23.5 Å². The summed E-state index contributed by atoms with van der Waals surface area (Å²) in [4.78, 5) is 16.6. The second-order valence-electron chi connectivity index (χ2n) is 6.48. The second-order valence-corrected chi connectivity index (χ2v) is 8.56. The van der Waals surface area contributed by atoms with E-state index in [2.05, 4.69) is 42.3 Å². The molecule has 1 heterocycles. The van der Waals surface area contributed by atoms with Gasteiger partial charge in [0.15, 0.2) is 0 Å². The molecule has 0 radical (unpaired) electrons. The van der Waals surface area contributed by atoms with Crippen molar-refractivity contribution in [1.82, 2.24) is 10.3 Å². The van der Waals surface area contributed by atoms with Gasteiger partial charge in [-0.1, -0.05) is 41.6 Å². The molecule has 7 heteroatoms. The Morgan fingerprint density at radius 1 is 1.18 bits per heavy atom. The van der Waals surface area contributed by atoms with Gasteiger partial charge in [-0.25, -0.2) is 13.8 Å². The average molecular weight is 419 g/mol. The number of hydrogen-bond donors (Lipinski definition) is 1. The van der Waals surface area contributed by atoms with Crippen LogP contribution in [0.15, 0.2) is 46.1 Å². The lowest BCUT2D eigenvalue weighted by Gasteiger charge is -2.06. The molecule has 0 aliphatic heterocycles. The number of carbonyl (C=O) groups is 1. The molecule has 1 N–H and O–H groups in total. The van der Waals surface area contributed by atoms with Crippen LogP contribution >= 0.6 is 23.1 Å². The van der Waals surface area contributed by atoms with Crippen molar-refractivity contribution in [3.05, 3.63) is 81.4 Å². The summed E-state index contributed by atoms with van der Waals surface area (Å²) in [7, 11) is 0. The molecule has 0 spiro atoms. The van der Waals surface area contributed by atoms with Crippen molar-refractivity contribution in [2.24, 2.45) is 0 Å². The maximum atomic E-state index is 13.6. The number of hydrogen-bond acceptors (Lipinski definition) is 4. The zero-order chi connectivity index (χ0) is 20.1. The molecule has 0 saturated heterocycles. The lowest BCUT2D eigenvalue weighted by Crippen LogP contribution is -2.25. The number of nitrogens with zero attached hydrogens (tertiary/aromatic N) is 1. The average Bonchev–Trinajstić information content (AvgIpc) is 3.09. The van der Waals surface area contributed by atoms with Crippen molar-refractivity contribution in [2.75, 3.05) is 0 Å². The van der Waals surface area contributed by atoms with E-state index in [1.165, 1.54) is 46.2 Å². The summed E-state index contributed by atoms with van der Waals surface area (Å²) in [6.07, 6.45) is 0.0800. The SMILES string of the molecule is Cc1ccc(C)c(CSc2nc(CC(=O)NCc3c(F)cccc3F)cs2)c1. The van der Waals surface area contributed by atoms with E-state index in [0.29, 0.717) is 5.69 Å². The van der Waals surface area contributed by atoms with E-state index in [1.807, 2.05) is 5.38 Å². The summed E-state index contributed by atoms with van der Waals surface area (Å²) in [5.74, 6) is -0.837. The number of aromatic nitrogens is 1. The molecular formula is C21H20F2N2OS2. The fourth-order valence-electron chi connectivity index (χ4n) is 2.65. The highest BCUT2D eigenvalue weighted by Crippen LogP contribution is 2.28. The van der Waals surface area contributed by atoms with E-state index >= 15 is 0 Å².